The van der Waals surface area contributed by atoms with E-state index in [-0.39, 0.29) is 6.61 Å². The summed E-state index contributed by atoms with van der Waals surface area (Å²) in [5.74, 6) is 2.02. The van der Waals surface area contributed by atoms with Gasteiger partial charge >= 0.3 is 0 Å². The molecule has 0 unspecified atom stereocenters. The zero-order chi connectivity index (χ0) is 15.5. The fraction of sp³-hybridized carbons (Fsp3) is 0.0625. The Balaban J connectivity index is 1.46. The van der Waals surface area contributed by atoms with E-state index in [1.165, 1.54) is 6.33 Å². The molecule has 4 aromatic rings. The second-order valence-electron chi connectivity index (χ2n) is 4.72. The Morgan fingerprint density at radius 1 is 1.22 bits per heavy atom. The highest BCUT2D eigenvalue weighted by atomic mass is 32.1. The Bertz CT molecular complexity index is 885. The first kappa shape index (κ1) is 13.7. The first-order chi connectivity index (χ1) is 11.4. The first-order valence-corrected chi connectivity index (χ1v) is 7.83. The molecule has 7 heteroatoms. The van der Waals surface area contributed by atoms with Crippen LogP contribution in [0.2, 0.25) is 0 Å². The summed E-state index contributed by atoms with van der Waals surface area (Å²) in [4.78, 5) is 9.24. The van der Waals surface area contributed by atoms with Gasteiger partial charge in [-0.05, 0) is 23.6 Å². The lowest BCUT2D eigenvalue weighted by Crippen LogP contribution is -1.98. The van der Waals surface area contributed by atoms with Crippen LogP contribution in [0.25, 0.3) is 16.3 Å². The SMILES string of the molecule is c1cc(OCc2ncc(-c3cccs3)o2)cc(-n2cncn2)c1. The van der Waals surface area contributed by atoms with Crippen molar-refractivity contribution in [3.63, 3.8) is 0 Å². The summed E-state index contributed by atoms with van der Waals surface area (Å²) in [6, 6.07) is 11.6. The second-order valence-corrected chi connectivity index (χ2v) is 5.67. The van der Waals surface area contributed by atoms with E-state index in [9.17, 15) is 0 Å². The van der Waals surface area contributed by atoms with E-state index in [4.69, 9.17) is 9.15 Å². The molecule has 0 fully saturated rings. The largest absolute Gasteiger partial charge is 0.484 e. The van der Waals surface area contributed by atoms with Crippen LogP contribution >= 0.6 is 11.3 Å². The summed E-state index contributed by atoms with van der Waals surface area (Å²) in [5, 5.41) is 6.10. The molecule has 0 bridgehead atoms. The van der Waals surface area contributed by atoms with Crippen molar-refractivity contribution in [2.45, 2.75) is 6.61 Å². The topological polar surface area (TPSA) is 66.0 Å². The third-order valence-corrected chi connectivity index (χ3v) is 4.07. The lowest BCUT2D eigenvalue weighted by atomic mass is 10.3. The molecule has 0 N–H and O–H groups in total. The van der Waals surface area contributed by atoms with Crippen molar-refractivity contribution >= 4 is 11.3 Å². The minimum Gasteiger partial charge on any atom is -0.484 e. The van der Waals surface area contributed by atoms with Gasteiger partial charge in [-0.25, -0.2) is 14.6 Å². The molecule has 4 rings (SSSR count). The molecule has 0 aliphatic rings. The van der Waals surface area contributed by atoms with Crippen LogP contribution in [0.1, 0.15) is 5.89 Å². The number of nitrogens with zero attached hydrogens (tertiary/aromatic N) is 4. The predicted octanol–water partition coefficient (Wildman–Crippen LogP) is 3.56. The highest BCUT2D eigenvalue weighted by Gasteiger charge is 2.08. The van der Waals surface area contributed by atoms with Crippen LogP contribution in [0.5, 0.6) is 5.75 Å². The molecule has 0 spiro atoms. The van der Waals surface area contributed by atoms with E-state index in [1.807, 2.05) is 41.8 Å². The monoisotopic (exact) mass is 324 g/mol. The van der Waals surface area contributed by atoms with Crippen molar-refractivity contribution in [2.24, 2.45) is 0 Å². The molecule has 0 radical (unpaired) electrons. The molecule has 6 nitrogen and oxygen atoms in total. The molecular formula is C16H12N4O2S. The number of benzene rings is 1. The number of thiophene rings is 1. The Hall–Kier alpha value is -2.93. The Kier molecular flexibility index (Phi) is 3.61. The maximum Gasteiger partial charge on any atom is 0.232 e. The maximum absolute atomic E-state index is 5.75. The summed E-state index contributed by atoms with van der Waals surface area (Å²) in [5.41, 5.74) is 0.881. The minimum atomic E-state index is 0.270. The summed E-state index contributed by atoms with van der Waals surface area (Å²) >= 11 is 1.61. The van der Waals surface area contributed by atoms with Crippen molar-refractivity contribution in [1.29, 1.82) is 0 Å². The summed E-state index contributed by atoms with van der Waals surface area (Å²) in [6.07, 6.45) is 4.85. The van der Waals surface area contributed by atoms with E-state index in [0.29, 0.717) is 11.6 Å². The fourth-order valence-corrected chi connectivity index (χ4v) is 2.78. The molecular weight excluding hydrogens is 312 g/mol. The van der Waals surface area contributed by atoms with Gasteiger partial charge in [0.25, 0.3) is 0 Å². The normalized spacial score (nSPS) is 10.8. The number of ether oxygens (including phenoxy) is 1. The lowest BCUT2D eigenvalue weighted by Gasteiger charge is -2.06. The van der Waals surface area contributed by atoms with E-state index in [1.54, 1.807) is 28.5 Å². The number of hydrogen-bond donors (Lipinski definition) is 0. The fourth-order valence-electron chi connectivity index (χ4n) is 2.11. The molecule has 1 aromatic carbocycles. The zero-order valence-electron chi connectivity index (χ0n) is 12.0. The molecule has 3 heterocycles. The van der Waals surface area contributed by atoms with Crippen LogP contribution < -0.4 is 4.74 Å². The molecule has 3 aromatic heterocycles. The van der Waals surface area contributed by atoms with Crippen LogP contribution in [0.4, 0.5) is 0 Å². The van der Waals surface area contributed by atoms with Gasteiger partial charge in [-0.2, -0.15) is 5.10 Å². The van der Waals surface area contributed by atoms with Gasteiger partial charge in [-0.3, -0.25) is 0 Å². The molecule has 0 saturated heterocycles. The molecule has 0 aliphatic heterocycles. The van der Waals surface area contributed by atoms with Gasteiger partial charge in [0.2, 0.25) is 5.89 Å². The van der Waals surface area contributed by atoms with E-state index in [2.05, 4.69) is 15.1 Å². The van der Waals surface area contributed by atoms with Gasteiger partial charge in [0.15, 0.2) is 12.4 Å². The van der Waals surface area contributed by atoms with Crippen molar-refractivity contribution in [3.8, 4) is 22.1 Å². The van der Waals surface area contributed by atoms with E-state index < -0.39 is 0 Å². The third kappa shape index (κ3) is 3.00. The first-order valence-electron chi connectivity index (χ1n) is 6.95. The Morgan fingerprint density at radius 3 is 3.04 bits per heavy atom. The standard InChI is InChI=1S/C16H12N4O2S/c1-3-12(20-11-17-10-19-20)7-13(4-1)21-9-16-18-8-14(22-16)15-5-2-6-23-15/h1-8,10-11H,9H2. The summed E-state index contributed by atoms with van der Waals surface area (Å²) in [6.45, 7) is 0.270. The van der Waals surface area contributed by atoms with Crippen molar-refractivity contribution in [3.05, 3.63) is 66.5 Å². The van der Waals surface area contributed by atoms with E-state index in [0.717, 1.165) is 16.3 Å². The quantitative estimate of drug-likeness (QED) is 0.561. The molecule has 0 amide bonds. The summed E-state index contributed by atoms with van der Waals surface area (Å²) in [7, 11) is 0. The van der Waals surface area contributed by atoms with Crippen molar-refractivity contribution in [2.75, 3.05) is 0 Å². The van der Waals surface area contributed by atoms with Gasteiger partial charge in [0, 0.05) is 6.07 Å². The number of rotatable bonds is 5. The second kappa shape index (κ2) is 6.05. The maximum atomic E-state index is 5.75. The zero-order valence-corrected chi connectivity index (χ0v) is 12.8. The van der Waals surface area contributed by atoms with Gasteiger partial charge in [0.05, 0.1) is 16.8 Å². The van der Waals surface area contributed by atoms with Crippen LogP contribution in [-0.4, -0.2) is 19.7 Å². The highest BCUT2D eigenvalue weighted by Crippen LogP contribution is 2.25. The average molecular weight is 324 g/mol. The molecule has 114 valence electrons. The highest BCUT2D eigenvalue weighted by molar-refractivity contribution is 7.13. The van der Waals surface area contributed by atoms with Crippen LogP contribution in [0.15, 0.2) is 65.0 Å². The molecule has 0 aliphatic carbocycles. The van der Waals surface area contributed by atoms with Crippen LogP contribution in [0.3, 0.4) is 0 Å². The van der Waals surface area contributed by atoms with Crippen molar-refractivity contribution in [1.82, 2.24) is 19.7 Å². The molecule has 0 atom stereocenters. The van der Waals surface area contributed by atoms with Gasteiger partial charge < -0.3 is 9.15 Å². The van der Waals surface area contributed by atoms with Crippen molar-refractivity contribution < 1.29 is 9.15 Å². The number of aromatic nitrogens is 4. The number of oxazole rings is 1. The van der Waals surface area contributed by atoms with E-state index >= 15 is 0 Å². The van der Waals surface area contributed by atoms with Gasteiger partial charge in [0.1, 0.15) is 18.4 Å². The van der Waals surface area contributed by atoms with Crippen LogP contribution in [0, 0.1) is 0 Å². The number of hydrogen-bond acceptors (Lipinski definition) is 6. The molecule has 0 saturated carbocycles. The predicted molar refractivity (Wildman–Crippen MR) is 85.5 cm³/mol. The average Bonchev–Trinajstić information content (AvgIpc) is 3.35. The smallest absolute Gasteiger partial charge is 0.232 e. The third-order valence-electron chi connectivity index (χ3n) is 3.18. The van der Waals surface area contributed by atoms with Gasteiger partial charge in [-0.1, -0.05) is 12.1 Å². The molecule has 23 heavy (non-hydrogen) atoms. The van der Waals surface area contributed by atoms with Gasteiger partial charge in [-0.15, -0.1) is 11.3 Å². The Morgan fingerprint density at radius 2 is 2.22 bits per heavy atom. The van der Waals surface area contributed by atoms with Crippen LogP contribution in [-0.2, 0) is 6.61 Å². The minimum absolute atomic E-state index is 0.270. The summed E-state index contributed by atoms with van der Waals surface area (Å²) < 4.78 is 13.1. The lowest BCUT2D eigenvalue weighted by molar-refractivity contribution is 0.264. The Labute approximate surface area is 136 Å².